The van der Waals surface area contributed by atoms with Crippen molar-refractivity contribution >= 4 is 22.4 Å². The van der Waals surface area contributed by atoms with Crippen LogP contribution in [-0.4, -0.2) is 34.8 Å². The quantitative estimate of drug-likeness (QED) is 0.858. The van der Waals surface area contributed by atoms with Gasteiger partial charge in [0.15, 0.2) is 16.6 Å². The first kappa shape index (κ1) is 12.4. The number of β-amino-alcohol motifs (C(OH)–C–C–N with tert-alkyl or cyclic N) is 1. The highest BCUT2D eigenvalue weighted by molar-refractivity contribution is 7.11. The van der Waals surface area contributed by atoms with Gasteiger partial charge in [-0.1, -0.05) is 0 Å². The summed E-state index contributed by atoms with van der Waals surface area (Å²) in [6.07, 6.45) is 1.80. The van der Waals surface area contributed by atoms with Crippen LogP contribution in [0.5, 0.6) is 5.75 Å². The molecule has 1 saturated heterocycles. The second kappa shape index (κ2) is 4.70. The van der Waals surface area contributed by atoms with Crippen molar-refractivity contribution in [3.8, 4) is 5.75 Å². The van der Waals surface area contributed by atoms with E-state index in [2.05, 4.69) is 9.27 Å². The second-order valence-corrected chi connectivity index (χ2v) is 5.41. The van der Waals surface area contributed by atoms with E-state index in [4.69, 9.17) is 10.5 Å². The molecule has 2 rings (SSSR count). The predicted octanol–water partition coefficient (Wildman–Crippen LogP) is 1.48. The number of ether oxygens (including phenoxy) is 1. The molecular formula is C11H19N3O2S. The summed E-state index contributed by atoms with van der Waals surface area (Å²) in [6.45, 7) is 5.88. The van der Waals surface area contributed by atoms with E-state index in [1.807, 2.05) is 13.8 Å². The van der Waals surface area contributed by atoms with Crippen molar-refractivity contribution in [3.63, 3.8) is 0 Å². The zero-order valence-corrected chi connectivity index (χ0v) is 11.1. The molecule has 0 bridgehead atoms. The van der Waals surface area contributed by atoms with E-state index < -0.39 is 5.60 Å². The van der Waals surface area contributed by atoms with Crippen LogP contribution in [0.4, 0.5) is 10.8 Å². The summed E-state index contributed by atoms with van der Waals surface area (Å²) in [6, 6.07) is 0. The van der Waals surface area contributed by atoms with Crippen molar-refractivity contribution in [3.05, 3.63) is 0 Å². The van der Waals surface area contributed by atoms with E-state index in [9.17, 15) is 5.11 Å². The van der Waals surface area contributed by atoms with Crippen LogP contribution >= 0.6 is 11.5 Å². The van der Waals surface area contributed by atoms with Crippen LogP contribution in [0.25, 0.3) is 0 Å². The number of piperidine rings is 1. The van der Waals surface area contributed by atoms with E-state index in [1.54, 1.807) is 0 Å². The fraction of sp³-hybridized carbons (Fsp3) is 0.727. The molecule has 6 heteroatoms. The minimum absolute atomic E-state index is 0.442. The zero-order chi connectivity index (χ0) is 12.5. The third-order valence-electron chi connectivity index (χ3n) is 2.91. The van der Waals surface area contributed by atoms with Crippen LogP contribution in [0.15, 0.2) is 0 Å². The first-order chi connectivity index (χ1) is 8.03. The largest absolute Gasteiger partial charge is 0.487 e. The van der Waals surface area contributed by atoms with Crippen molar-refractivity contribution in [1.82, 2.24) is 4.37 Å². The molecule has 17 heavy (non-hydrogen) atoms. The Bertz CT molecular complexity index is 392. The molecule has 0 spiro atoms. The van der Waals surface area contributed by atoms with Crippen LogP contribution in [0, 0.1) is 0 Å². The molecule has 0 amide bonds. The van der Waals surface area contributed by atoms with E-state index in [-0.39, 0.29) is 0 Å². The summed E-state index contributed by atoms with van der Waals surface area (Å²) < 4.78 is 9.66. The van der Waals surface area contributed by atoms with Crippen molar-refractivity contribution < 1.29 is 9.84 Å². The number of aliphatic hydroxyl groups is 1. The number of hydrogen-bond acceptors (Lipinski definition) is 6. The first-order valence-electron chi connectivity index (χ1n) is 5.89. The van der Waals surface area contributed by atoms with Gasteiger partial charge in [0.1, 0.15) is 0 Å². The first-order valence-corrected chi connectivity index (χ1v) is 6.66. The van der Waals surface area contributed by atoms with Gasteiger partial charge in [0.2, 0.25) is 0 Å². The third kappa shape index (κ3) is 2.63. The molecule has 1 unspecified atom stereocenters. The number of nitrogen functional groups attached to an aromatic ring is 1. The predicted molar refractivity (Wildman–Crippen MR) is 69.8 cm³/mol. The normalized spacial score (nSPS) is 25.0. The fourth-order valence-electron chi connectivity index (χ4n) is 2.16. The second-order valence-electron chi connectivity index (χ2n) is 4.66. The standard InChI is InChI=1S/C11H19N3O2S/c1-3-16-8-9(12)13-17-10(8)14-6-4-5-11(2,15)7-14/h15H,3-7H2,1-2H3,(H2,12,13). The number of nitrogens with zero attached hydrogens (tertiary/aromatic N) is 2. The maximum atomic E-state index is 10.1. The molecular weight excluding hydrogens is 238 g/mol. The van der Waals surface area contributed by atoms with Crippen LogP contribution in [0.3, 0.4) is 0 Å². The molecule has 0 radical (unpaired) electrons. The van der Waals surface area contributed by atoms with Gasteiger partial charge in [-0.2, -0.15) is 4.37 Å². The Morgan fingerprint density at radius 2 is 2.41 bits per heavy atom. The van der Waals surface area contributed by atoms with Gasteiger partial charge in [-0.05, 0) is 38.2 Å². The Labute approximate surface area is 105 Å². The molecule has 1 fully saturated rings. The van der Waals surface area contributed by atoms with E-state index in [0.717, 1.165) is 24.4 Å². The van der Waals surface area contributed by atoms with Crippen molar-refractivity contribution in [2.45, 2.75) is 32.3 Å². The molecule has 5 nitrogen and oxygen atoms in total. The number of nitrogens with two attached hydrogens (primary N) is 1. The summed E-state index contributed by atoms with van der Waals surface area (Å²) in [5, 5.41) is 11.0. The van der Waals surface area contributed by atoms with Gasteiger partial charge in [0.25, 0.3) is 0 Å². The van der Waals surface area contributed by atoms with E-state index in [1.165, 1.54) is 11.5 Å². The topological polar surface area (TPSA) is 71.6 Å². The minimum Gasteiger partial charge on any atom is -0.487 e. The zero-order valence-electron chi connectivity index (χ0n) is 10.3. The van der Waals surface area contributed by atoms with Crippen LogP contribution in [0.2, 0.25) is 0 Å². The average Bonchev–Trinajstić information content (AvgIpc) is 2.60. The SMILES string of the molecule is CCOc1c(N)nsc1N1CCCC(C)(O)C1. The molecule has 1 aromatic heterocycles. The van der Waals surface area contributed by atoms with Crippen LogP contribution in [-0.2, 0) is 0 Å². The highest BCUT2D eigenvalue weighted by Gasteiger charge is 2.31. The number of anilines is 2. The molecule has 1 aliphatic heterocycles. The lowest BCUT2D eigenvalue weighted by molar-refractivity contribution is 0.0450. The summed E-state index contributed by atoms with van der Waals surface area (Å²) >= 11 is 1.34. The monoisotopic (exact) mass is 257 g/mol. The Hall–Kier alpha value is -1.01. The Balaban J connectivity index is 2.21. The maximum Gasteiger partial charge on any atom is 0.197 e. The van der Waals surface area contributed by atoms with Crippen molar-refractivity contribution in [2.24, 2.45) is 0 Å². The molecule has 0 aliphatic carbocycles. The van der Waals surface area contributed by atoms with Gasteiger partial charge in [0, 0.05) is 13.1 Å². The lowest BCUT2D eigenvalue weighted by atomic mass is 9.95. The van der Waals surface area contributed by atoms with E-state index >= 15 is 0 Å². The highest BCUT2D eigenvalue weighted by atomic mass is 32.1. The highest BCUT2D eigenvalue weighted by Crippen LogP contribution is 2.40. The molecule has 0 saturated carbocycles. The Kier molecular flexibility index (Phi) is 3.44. The number of hydrogen-bond donors (Lipinski definition) is 2. The Morgan fingerprint density at radius 3 is 3.06 bits per heavy atom. The van der Waals surface area contributed by atoms with Gasteiger partial charge in [-0.25, -0.2) is 0 Å². The molecule has 2 heterocycles. The number of aromatic nitrogens is 1. The summed E-state index contributed by atoms with van der Waals surface area (Å²) in [7, 11) is 0. The summed E-state index contributed by atoms with van der Waals surface area (Å²) in [4.78, 5) is 2.11. The summed E-state index contributed by atoms with van der Waals surface area (Å²) in [5.74, 6) is 1.10. The van der Waals surface area contributed by atoms with Gasteiger partial charge in [-0.15, -0.1) is 0 Å². The minimum atomic E-state index is -0.638. The van der Waals surface area contributed by atoms with Gasteiger partial charge < -0.3 is 20.5 Å². The molecule has 1 atom stereocenters. The van der Waals surface area contributed by atoms with Gasteiger partial charge >= 0.3 is 0 Å². The van der Waals surface area contributed by atoms with Crippen molar-refractivity contribution in [1.29, 1.82) is 0 Å². The smallest absolute Gasteiger partial charge is 0.197 e. The molecule has 3 N–H and O–H groups in total. The lowest BCUT2D eigenvalue weighted by Crippen LogP contribution is -2.46. The van der Waals surface area contributed by atoms with Gasteiger partial charge in [0.05, 0.1) is 12.2 Å². The molecule has 0 aromatic carbocycles. The van der Waals surface area contributed by atoms with E-state index in [0.29, 0.717) is 24.7 Å². The average molecular weight is 257 g/mol. The van der Waals surface area contributed by atoms with Crippen LogP contribution in [0.1, 0.15) is 26.7 Å². The Morgan fingerprint density at radius 1 is 1.65 bits per heavy atom. The molecule has 1 aliphatic rings. The molecule has 1 aromatic rings. The third-order valence-corrected chi connectivity index (χ3v) is 3.81. The van der Waals surface area contributed by atoms with Crippen molar-refractivity contribution in [2.75, 3.05) is 30.3 Å². The molecule has 96 valence electrons. The summed E-state index contributed by atoms with van der Waals surface area (Å²) in [5.41, 5.74) is 5.15. The lowest BCUT2D eigenvalue weighted by Gasteiger charge is -2.37. The number of rotatable bonds is 3. The van der Waals surface area contributed by atoms with Gasteiger partial charge in [-0.3, -0.25) is 0 Å². The maximum absolute atomic E-state index is 10.1. The van der Waals surface area contributed by atoms with Crippen LogP contribution < -0.4 is 15.4 Å². The fourth-order valence-corrected chi connectivity index (χ4v) is 2.95.